The summed E-state index contributed by atoms with van der Waals surface area (Å²) in [5, 5.41) is 6.89. The van der Waals surface area contributed by atoms with Gasteiger partial charge in [-0.2, -0.15) is 0 Å². The smallest absolute Gasteiger partial charge is 0.132 e. The van der Waals surface area contributed by atoms with Gasteiger partial charge in [-0.15, -0.1) is 0 Å². The molecule has 0 saturated heterocycles. The van der Waals surface area contributed by atoms with E-state index in [4.69, 9.17) is 0 Å². The van der Waals surface area contributed by atoms with E-state index in [1.54, 1.807) is 0 Å². The lowest BCUT2D eigenvalue weighted by atomic mass is 9.83. The van der Waals surface area contributed by atoms with Crippen LogP contribution in [0.1, 0.15) is 58.7 Å². The van der Waals surface area contributed by atoms with Crippen molar-refractivity contribution in [2.24, 2.45) is 11.8 Å². The monoisotopic (exact) mass is 290 g/mol. The van der Waals surface area contributed by atoms with E-state index in [0.717, 1.165) is 55.2 Å². The quantitative estimate of drug-likeness (QED) is 0.794. The molecule has 0 bridgehead atoms. The van der Waals surface area contributed by atoms with Gasteiger partial charge in [0.05, 0.1) is 0 Å². The highest BCUT2D eigenvalue weighted by molar-refractivity contribution is 5.47. The molecule has 4 nitrogen and oxygen atoms in total. The molecule has 0 atom stereocenters. The predicted molar refractivity (Wildman–Crippen MR) is 89.8 cm³/mol. The summed E-state index contributed by atoms with van der Waals surface area (Å²) >= 11 is 0. The third-order valence-corrected chi connectivity index (χ3v) is 4.35. The largest absolute Gasteiger partial charge is 0.370 e. The van der Waals surface area contributed by atoms with Crippen molar-refractivity contribution < 1.29 is 0 Å². The highest BCUT2D eigenvalue weighted by Gasteiger charge is 2.18. The van der Waals surface area contributed by atoms with Gasteiger partial charge in [0.25, 0.3) is 0 Å². The van der Waals surface area contributed by atoms with E-state index < -0.39 is 0 Å². The number of anilines is 2. The lowest BCUT2D eigenvalue weighted by Crippen LogP contribution is -2.21. The van der Waals surface area contributed by atoms with Crippen LogP contribution in [0.25, 0.3) is 0 Å². The molecular weight excluding hydrogens is 260 g/mol. The van der Waals surface area contributed by atoms with Crippen LogP contribution in [0.2, 0.25) is 0 Å². The van der Waals surface area contributed by atoms with E-state index in [1.165, 1.54) is 25.7 Å². The van der Waals surface area contributed by atoms with Crippen molar-refractivity contribution in [1.82, 2.24) is 9.97 Å². The lowest BCUT2D eigenvalue weighted by molar-refractivity contribution is 0.300. The highest BCUT2D eigenvalue weighted by atomic mass is 15.1. The molecule has 4 heteroatoms. The molecule has 0 spiro atoms. The van der Waals surface area contributed by atoms with Crippen LogP contribution in [0, 0.1) is 11.8 Å². The number of hydrogen-bond donors (Lipinski definition) is 2. The lowest BCUT2D eigenvalue weighted by Gasteiger charge is -2.26. The number of nitrogens with one attached hydrogen (secondary N) is 2. The van der Waals surface area contributed by atoms with Gasteiger partial charge in [-0.05, 0) is 31.1 Å². The van der Waals surface area contributed by atoms with E-state index in [2.05, 4.69) is 41.4 Å². The fourth-order valence-corrected chi connectivity index (χ4v) is 2.87. The van der Waals surface area contributed by atoms with Gasteiger partial charge in [0, 0.05) is 25.6 Å². The standard InChI is InChI=1S/C17H30N4/c1-4-10-18-16-11-17(21-15(5-2)20-16)19-12-14-8-6-13(3)7-9-14/h11,13-14H,4-10,12H2,1-3H3,(H2,18,19,20,21). The normalized spacial score (nSPS) is 22.0. The van der Waals surface area contributed by atoms with Crippen LogP contribution in [0.5, 0.6) is 0 Å². The molecule has 1 fully saturated rings. The van der Waals surface area contributed by atoms with E-state index in [1.807, 2.05) is 6.07 Å². The first-order valence-corrected chi connectivity index (χ1v) is 8.57. The van der Waals surface area contributed by atoms with Crippen molar-refractivity contribution in [3.8, 4) is 0 Å². The molecule has 0 amide bonds. The van der Waals surface area contributed by atoms with Gasteiger partial charge < -0.3 is 10.6 Å². The summed E-state index contributed by atoms with van der Waals surface area (Å²) in [6, 6.07) is 2.04. The Hall–Kier alpha value is -1.32. The predicted octanol–water partition coefficient (Wildman–Crippen LogP) is 4.10. The Morgan fingerprint density at radius 3 is 2.33 bits per heavy atom. The minimum absolute atomic E-state index is 0.799. The molecular formula is C17H30N4. The Labute approximate surface area is 129 Å². The summed E-state index contributed by atoms with van der Waals surface area (Å²) in [6.07, 6.45) is 7.42. The molecule has 0 aliphatic heterocycles. The number of rotatable bonds is 7. The first kappa shape index (κ1) is 16.1. The van der Waals surface area contributed by atoms with E-state index >= 15 is 0 Å². The summed E-state index contributed by atoms with van der Waals surface area (Å²) in [4.78, 5) is 9.13. The maximum atomic E-state index is 4.60. The average molecular weight is 290 g/mol. The highest BCUT2D eigenvalue weighted by Crippen LogP contribution is 2.28. The van der Waals surface area contributed by atoms with E-state index in [9.17, 15) is 0 Å². The molecule has 1 aromatic rings. The van der Waals surface area contributed by atoms with E-state index in [-0.39, 0.29) is 0 Å². The zero-order valence-corrected chi connectivity index (χ0v) is 13.8. The molecule has 0 radical (unpaired) electrons. The average Bonchev–Trinajstić information content (AvgIpc) is 2.52. The molecule has 0 unspecified atom stereocenters. The Balaban J connectivity index is 1.91. The number of nitrogens with zero attached hydrogens (tertiary/aromatic N) is 2. The van der Waals surface area contributed by atoms with Crippen molar-refractivity contribution in [2.45, 2.75) is 59.3 Å². The first-order valence-electron chi connectivity index (χ1n) is 8.57. The molecule has 0 aromatic carbocycles. The Bertz CT molecular complexity index is 425. The van der Waals surface area contributed by atoms with Gasteiger partial charge in [-0.1, -0.05) is 33.6 Å². The number of hydrogen-bond acceptors (Lipinski definition) is 4. The third kappa shape index (κ3) is 5.18. The van der Waals surface area contributed by atoms with Crippen LogP contribution in [-0.4, -0.2) is 23.1 Å². The first-order chi connectivity index (χ1) is 10.2. The molecule has 1 heterocycles. The summed E-state index contributed by atoms with van der Waals surface area (Å²) in [5.41, 5.74) is 0. The van der Waals surface area contributed by atoms with Crippen LogP contribution in [0.3, 0.4) is 0 Å². The van der Waals surface area contributed by atoms with Crippen molar-refractivity contribution >= 4 is 11.6 Å². The van der Waals surface area contributed by atoms with Crippen molar-refractivity contribution in [3.05, 3.63) is 11.9 Å². The van der Waals surface area contributed by atoms with E-state index in [0.29, 0.717) is 0 Å². The minimum atomic E-state index is 0.799. The van der Waals surface area contributed by atoms with Gasteiger partial charge in [0.1, 0.15) is 17.5 Å². The van der Waals surface area contributed by atoms with Crippen molar-refractivity contribution in [1.29, 1.82) is 0 Å². The maximum absolute atomic E-state index is 4.60. The molecule has 2 N–H and O–H groups in total. The zero-order chi connectivity index (χ0) is 15.1. The fraction of sp³-hybridized carbons (Fsp3) is 0.765. The fourth-order valence-electron chi connectivity index (χ4n) is 2.87. The van der Waals surface area contributed by atoms with Crippen LogP contribution in [-0.2, 0) is 6.42 Å². The second kappa shape index (κ2) is 8.20. The van der Waals surface area contributed by atoms with Crippen molar-refractivity contribution in [3.63, 3.8) is 0 Å². The van der Waals surface area contributed by atoms with Crippen LogP contribution >= 0.6 is 0 Å². The number of aromatic nitrogens is 2. The zero-order valence-electron chi connectivity index (χ0n) is 13.8. The molecule has 2 rings (SSSR count). The molecule has 1 aliphatic carbocycles. The number of aryl methyl sites for hydroxylation is 1. The van der Waals surface area contributed by atoms with Crippen LogP contribution < -0.4 is 10.6 Å². The van der Waals surface area contributed by atoms with Crippen LogP contribution in [0.15, 0.2) is 6.07 Å². The topological polar surface area (TPSA) is 49.8 Å². The minimum Gasteiger partial charge on any atom is -0.370 e. The van der Waals surface area contributed by atoms with Gasteiger partial charge in [-0.25, -0.2) is 9.97 Å². The third-order valence-electron chi connectivity index (χ3n) is 4.35. The molecule has 1 saturated carbocycles. The molecule has 118 valence electrons. The Kier molecular flexibility index (Phi) is 6.27. The maximum Gasteiger partial charge on any atom is 0.132 e. The molecule has 1 aliphatic rings. The summed E-state index contributed by atoms with van der Waals surface area (Å²) in [7, 11) is 0. The van der Waals surface area contributed by atoms with Gasteiger partial charge in [0.15, 0.2) is 0 Å². The molecule has 21 heavy (non-hydrogen) atoms. The summed E-state index contributed by atoms with van der Waals surface area (Å²) in [6.45, 7) is 8.64. The Morgan fingerprint density at radius 2 is 1.71 bits per heavy atom. The van der Waals surface area contributed by atoms with Crippen LogP contribution in [0.4, 0.5) is 11.6 Å². The SMILES string of the molecule is CCCNc1cc(NCC2CCC(C)CC2)nc(CC)n1. The van der Waals surface area contributed by atoms with Gasteiger partial charge >= 0.3 is 0 Å². The van der Waals surface area contributed by atoms with Crippen molar-refractivity contribution in [2.75, 3.05) is 23.7 Å². The molecule has 1 aromatic heterocycles. The second-order valence-corrected chi connectivity index (χ2v) is 6.34. The van der Waals surface area contributed by atoms with Gasteiger partial charge in [-0.3, -0.25) is 0 Å². The Morgan fingerprint density at radius 1 is 1.05 bits per heavy atom. The second-order valence-electron chi connectivity index (χ2n) is 6.34. The van der Waals surface area contributed by atoms with Gasteiger partial charge in [0.2, 0.25) is 0 Å². The summed E-state index contributed by atoms with van der Waals surface area (Å²) in [5.74, 6) is 4.54. The summed E-state index contributed by atoms with van der Waals surface area (Å²) < 4.78 is 0.